The van der Waals surface area contributed by atoms with Crippen LogP contribution in [0.1, 0.15) is 25.3 Å². The maximum absolute atomic E-state index is 11.7. The molecule has 2 aromatic heterocycles. The first-order valence-electron chi connectivity index (χ1n) is 8.07. The Morgan fingerprint density at radius 3 is 3.00 bits per heavy atom. The predicted molar refractivity (Wildman–Crippen MR) is 88.6 cm³/mol. The molecular formula is C17H23N5O. The lowest BCUT2D eigenvalue weighted by atomic mass is 10.1. The Kier molecular flexibility index (Phi) is 4.71. The second-order valence-corrected chi connectivity index (χ2v) is 6.14. The predicted octanol–water partition coefficient (Wildman–Crippen LogP) is 1.58. The molecule has 0 aromatic carbocycles. The highest BCUT2D eigenvalue weighted by atomic mass is 16.2. The van der Waals surface area contributed by atoms with E-state index in [1.54, 1.807) is 6.20 Å². The first kappa shape index (κ1) is 15.7. The lowest BCUT2D eigenvalue weighted by Crippen LogP contribution is -2.39. The third kappa shape index (κ3) is 3.76. The number of hydrogen-bond donors (Lipinski definition) is 1. The second-order valence-electron chi connectivity index (χ2n) is 6.14. The van der Waals surface area contributed by atoms with Gasteiger partial charge < -0.3 is 10.2 Å². The molecule has 0 aliphatic carbocycles. The molecule has 1 unspecified atom stereocenters. The molecule has 1 amide bonds. The van der Waals surface area contributed by atoms with Gasteiger partial charge in [-0.05, 0) is 25.5 Å². The van der Waals surface area contributed by atoms with Crippen molar-refractivity contribution in [1.82, 2.24) is 25.0 Å². The summed E-state index contributed by atoms with van der Waals surface area (Å²) in [5.74, 6) is 0.274. The quantitative estimate of drug-likeness (QED) is 0.879. The minimum atomic E-state index is 0.249. The van der Waals surface area contributed by atoms with Crippen LogP contribution in [0.15, 0.2) is 30.7 Å². The molecule has 1 fully saturated rings. The van der Waals surface area contributed by atoms with Gasteiger partial charge in [-0.15, -0.1) is 0 Å². The Labute approximate surface area is 136 Å². The molecule has 0 saturated carbocycles. The van der Waals surface area contributed by atoms with E-state index in [9.17, 15) is 4.79 Å². The Morgan fingerprint density at radius 2 is 2.30 bits per heavy atom. The van der Waals surface area contributed by atoms with E-state index in [-0.39, 0.29) is 11.9 Å². The minimum Gasteiger partial charge on any atom is -0.341 e. The van der Waals surface area contributed by atoms with E-state index in [4.69, 9.17) is 0 Å². The standard InChI is InChI=1S/C17H23N5O/c1-13(11-22-8-4-6-16(22)23)19-10-15-12-21(2)20-17(15)14-5-3-7-18-9-14/h3,5,7,9,12-13,19H,4,6,8,10-11H2,1-2H3. The number of aromatic nitrogens is 3. The first-order chi connectivity index (χ1) is 11.1. The van der Waals surface area contributed by atoms with Gasteiger partial charge in [0, 0.05) is 68.9 Å². The van der Waals surface area contributed by atoms with E-state index >= 15 is 0 Å². The van der Waals surface area contributed by atoms with Crippen LogP contribution < -0.4 is 5.32 Å². The number of hydrogen-bond acceptors (Lipinski definition) is 4. The van der Waals surface area contributed by atoms with Gasteiger partial charge in [-0.3, -0.25) is 14.5 Å². The van der Waals surface area contributed by atoms with Crippen molar-refractivity contribution in [3.63, 3.8) is 0 Å². The Morgan fingerprint density at radius 1 is 1.43 bits per heavy atom. The van der Waals surface area contributed by atoms with Crippen LogP contribution in [0.4, 0.5) is 0 Å². The Hall–Kier alpha value is -2.21. The van der Waals surface area contributed by atoms with Crippen molar-refractivity contribution in [1.29, 1.82) is 0 Å². The molecule has 0 spiro atoms. The number of rotatable bonds is 6. The lowest BCUT2D eigenvalue weighted by molar-refractivity contribution is -0.127. The molecule has 6 nitrogen and oxygen atoms in total. The molecule has 0 bridgehead atoms. The molecule has 1 aliphatic rings. The fourth-order valence-electron chi connectivity index (χ4n) is 2.99. The fourth-order valence-corrected chi connectivity index (χ4v) is 2.99. The number of carbonyl (C=O) groups is 1. The maximum atomic E-state index is 11.7. The molecule has 1 N–H and O–H groups in total. The number of pyridine rings is 1. The van der Waals surface area contributed by atoms with Crippen LogP contribution in [0.3, 0.4) is 0 Å². The van der Waals surface area contributed by atoms with E-state index in [2.05, 4.69) is 22.3 Å². The molecule has 1 atom stereocenters. The van der Waals surface area contributed by atoms with Gasteiger partial charge in [0.1, 0.15) is 0 Å². The minimum absolute atomic E-state index is 0.249. The van der Waals surface area contributed by atoms with Crippen molar-refractivity contribution in [2.24, 2.45) is 7.05 Å². The number of aryl methyl sites for hydroxylation is 1. The number of likely N-dealkylation sites (tertiary alicyclic amines) is 1. The molecule has 6 heteroatoms. The average Bonchev–Trinajstić information content (AvgIpc) is 3.12. The number of nitrogens with zero attached hydrogens (tertiary/aromatic N) is 4. The van der Waals surface area contributed by atoms with Crippen molar-refractivity contribution in [2.45, 2.75) is 32.4 Å². The average molecular weight is 313 g/mol. The largest absolute Gasteiger partial charge is 0.341 e. The lowest BCUT2D eigenvalue weighted by Gasteiger charge is -2.21. The summed E-state index contributed by atoms with van der Waals surface area (Å²) in [6, 6.07) is 4.19. The fraction of sp³-hybridized carbons (Fsp3) is 0.471. The van der Waals surface area contributed by atoms with Crippen LogP contribution in [0.2, 0.25) is 0 Å². The van der Waals surface area contributed by atoms with Gasteiger partial charge in [-0.2, -0.15) is 5.10 Å². The SMILES string of the molecule is CC(CN1CCCC1=O)NCc1cn(C)nc1-c1cccnc1. The van der Waals surface area contributed by atoms with Gasteiger partial charge in [0.15, 0.2) is 0 Å². The van der Waals surface area contributed by atoms with Crippen molar-refractivity contribution in [3.8, 4) is 11.3 Å². The summed E-state index contributed by atoms with van der Waals surface area (Å²) in [6.07, 6.45) is 7.31. The van der Waals surface area contributed by atoms with Crippen molar-refractivity contribution in [3.05, 3.63) is 36.3 Å². The Bertz CT molecular complexity index is 667. The van der Waals surface area contributed by atoms with E-state index < -0.39 is 0 Å². The van der Waals surface area contributed by atoms with Gasteiger partial charge >= 0.3 is 0 Å². The molecule has 1 aliphatic heterocycles. The molecule has 0 radical (unpaired) electrons. The number of nitrogens with one attached hydrogen (secondary N) is 1. The monoisotopic (exact) mass is 313 g/mol. The third-order valence-electron chi connectivity index (χ3n) is 4.15. The van der Waals surface area contributed by atoms with Gasteiger partial charge in [0.25, 0.3) is 0 Å². The topological polar surface area (TPSA) is 63.1 Å². The summed E-state index contributed by atoms with van der Waals surface area (Å²) >= 11 is 0. The smallest absolute Gasteiger partial charge is 0.222 e. The van der Waals surface area contributed by atoms with Crippen molar-refractivity contribution >= 4 is 5.91 Å². The summed E-state index contributed by atoms with van der Waals surface area (Å²) in [5, 5.41) is 8.05. The van der Waals surface area contributed by atoms with Gasteiger partial charge in [0.2, 0.25) is 5.91 Å². The van der Waals surface area contributed by atoms with E-state index in [0.717, 1.165) is 42.9 Å². The van der Waals surface area contributed by atoms with Crippen molar-refractivity contribution in [2.75, 3.05) is 13.1 Å². The zero-order valence-corrected chi connectivity index (χ0v) is 13.7. The summed E-state index contributed by atoms with van der Waals surface area (Å²) < 4.78 is 1.83. The molecule has 122 valence electrons. The summed E-state index contributed by atoms with van der Waals surface area (Å²) in [5.41, 5.74) is 3.12. The molecule has 3 rings (SSSR count). The summed E-state index contributed by atoms with van der Waals surface area (Å²) in [6.45, 7) is 4.49. The molecule has 1 saturated heterocycles. The molecule has 3 heterocycles. The highest BCUT2D eigenvalue weighted by Gasteiger charge is 2.21. The third-order valence-corrected chi connectivity index (χ3v) is 4.15. The van der Waals surface area contributed by atoms with Crippen LogP contribution in [-0.4, -0.2) is 44.7 Å². The van der Waals surface area contributed by atoms with Crippen LogP contribution in [0, 0.1) is 0 Å². The van der Waals surface area contributed by atoms with Crippen LogP contribution in [0.5, 0.6) is 0 Å². The number of carbonyl (C=O) groups excluding carboxylic acids is 1. The number of amides is 1. The van der Waals surface area contributed by atoms with E-state index in [0.29, 0.717) is 6.42 Å². The Balaban J connectivity index is 1.63. The maximum Gasteiger partial charge on any atom is 0.222 e. The normalized spacial score (nSPS) is 16.1. The van der Waals surface area contributed by atoms with Crippen LogP contribution in [0.25, 0.3) is 11.3 Å². The van der Waals surface area contributed by atoms with E-state index in [1.165, 1.54) is 0 Å². The highest BCUT2D eigenvalue weighted by Crippen LogP contribution is 2.20. The molecular weight excluding hydrogens is 290 g/mol. The highest BCUT2D eigenvalue weighted by molar-refractivity contribution is 5.78. The zero-order valence-electron chi connectivity index (χ0n) is 13.7. The van der Waals surface area contributed by atoms with Gasteiger partial charge in [-0.25, -0.2) is 0 Å². The van der Waals surface area contributed by atoms with Crippen molar-refractivity contribution < 1.29 is 4.79 Å². The van der Waals surface area contributed by atoms with E-state index in [1.807, 2.05) is 41.2 Å². The molecule has 2 aromatic rings. The molecule has 23 heavy (non-hydrogen) atoms. The first-order valence-corrected chi connectivity index (χ1v) is 8.07. The zero-order chi connectivity index (χ0) is 16.2. The van der Waals surface area contributed by atoms with Crippen LogP contribution in [-0.2, 0) is 18.4 Å². The second kappa shape index (κ2) is 6.91. The van der Waals surface area contributed by atoms with Crippen LogP contribution >= 0.6 is 0 Å². The van der Waals surface area contributed by atoms with Gasteiger partial charge in [-0.1, -0.05) is 0 Å². The summed E-state index contributed by atoms with van der Waals surface area (Å²) in [4.78, 5) is 17.8. The van der Waals surface area contributed by atoms with Gasteiger partial charge in [0.05, 0.1) is 5.69 Å². The summed E-state index contributed by atoms with van der Waals surface area (Å²) in [7, 11) is 1.93.